The van der Waals surface area contributed by atoms with Gasteiger partial charge in [-0.25, -0.2) is 5.43 Å². The van der Waals surface area contributed by atoms with Gasteiger partial charge in [0.05, 0.1) is 20.4 Å². The SMILES string of the molecule is COc1ccc(C(=O)NN=Cc2ccc(I)o2)cc1OC. The van der Waals surface area contributed by atoms with Crippen LogP contribution in [0.1, 0.15) is 16.1 Å². The lowest BCUT2D eigenvalue weighted by Crippen LogP contribution is -2.17. The molecule has 0 bridgehead atoms. The minimum atomic E-state index is -0.353. The van der Waals surface area contributed by atoms with Crippen molar-refractivity contribution in [1.29, 1.82) is 0 Å². The Morgan fingerprint density at radius 2 is 2.00 bits per heavy atom. The third kappa shape index (κ3) is 3.97. The van der Waals surface area contributed by atoms with Crippen molar-refractivity contribution in [2.75, 3.05) is 14.2 Å². The Bertz CT molecular complexity index is 667. The van der Waals surface area contributed by atoms with Crippen LogP contribution in [0.25, 0.3) is 0 Å². The summed E-state index contributed by atoms with van der Waals surface area (Å²) in [4.78, 5) is 12.0. The lowest BCUT2D eigenvalue weighted by Gasteiger charge is -2.08. The van der Waals surface area contributed by atoms with Crippen molar-refractivity contribution in [3.8, 4) is 11.5 Å². The molecule has 21 heavy (non-hydrogen) atoms. The molecule has 2 rings (SSSR count). The number of amides is 1. The number of halogens is 1. The Hall–Kier alpha value is -2.03. The van der Waals surface area contributed by atoms with Gasteiger partial charge in [-0.3, -0.25) is 4.79 Å². The molecule has 1 aromatic carbocycles. The molecule has 0 saturated carbocycles. The summed E-state index contributed by atoms with van der Waals surface area (Å²) in [6.07, 6.45) is 1.43. The predicted molar refractivity (Wildman–Crippen MR) is 86.0 cm³/mol. The number of ether oxygens (including phenoxy) is 2. The first-order chi connectivity index (χ1) is 10.1. The number of carbonyl (C=O) groups is 1. The summed E-state index contributed by atoms with van der Waals surface area (Å²) in [5.41, 5.74) is 2.83. The van der Waals surface area contributed by atoms with Crippen molar-refractivity contribution < 1.29 is 18.7 Å². The molecule has 7 heteroatoms. The standard InChI is InChI=1S/C14H13IN2O4/c1-19-11-5-3-9(7-12(11)20-2)14(18)17-16-8-10-4-6-13(15)21-10/h3-8H,1-2H3,(H,17,18). The number of benzene rings is 1. The van der Waals surface area contributed by atoms with Gasteiger partial charge in [-0.1, -0.05) is 0 Å². The number of rotatable bonds is 5. The van der Waals surface area contributed by atoms with Crippen LogP contribution in [-0.4, -0.2) is 26.3 Å². The van der Waals surface area contributed by atoms with E-state index in [-0.39, 0.29) is 5.91 Å². The Kier molecular flexibility index (Phi) is 5.20. The van der Waals surface area contributed by atoms with Gasteiger partial charge in [-0.2, -0.15) is 5.10 Å². The van der Waals surface area contributed by atoms with Gasteiger partial charge in [-0.15, -0.1) is 0 Å². The normalized spacial score (nSPS) is 10.6. The fourth-order valence-corrected chi connectivity index (χ4v) is 2.03. The van der Waals surface area contributed by atoms with E-state index in [9.17, 15) is 4.79 Å². The topological polar surface area (TPSA) is 73.1 Å². The van der Waals surface area contributed by atoms with E-state index in [0.29, 0.717) is 22.8 Å². The highest BCUT2D eigenvalue weighted by Crippen LogP contribution is 2.27. The van der Waals surface area contributed by atoms with Crippen molar-refractivity contribution in [1.82, 2.24) is 5.43 Å². The van der Waals surface area contributed by atoms with E-state index < -0.39 is 0 Å². The van der Waals surface area contributed by atoms with Crippen LogP contribution in [0, 0.1) is 3.77 Å². The zero-order valence-electron chi connectivity index (χ0n) is 11.4. The average Bonchev–Trinajstić information content (AvgIpc) is 2.91. The van der Waals surface area contributed by atoms with Gasteiger partial charge in [0.1, 0.15) is 5.76 Å². The number of nitrogens with zero attached hydrogens (tertiary/aromatic N) is 1. The lowest BCUT2D eigenvalue weighted by molar-refractivity contribution is 0.0954. The number of furan rings is 1. The number of hydrazone groups is 1. The van der Waals surface area contributed by atoms with Crippen LogP contribution in [0.4, 0.5) is 0 Å². The van der Waals surface area contributed by atoms with Gasteiger partial charge in [0.2, 0.25) is 0 Å². The highest BCUT2D eigenvalue weighted by molar-refractivity contribution is 14.1. The first kappa shape index (κ1) is 15.4. The van der Waals surface area contributed by atoms with E-state index in [1.54, 1.807) is 30.3 Å². The van der Waals surface area contributed by atoms with E-state index >= 15 is 0 Å². The summed E-state index contributed by atoms with van der Waals surface area (Å²) in [5.74, 6) is 1.25. The summed E-state index contributed by atoms with van der Waals surface area (Å²) in [6, 6.07) is 8.43. The third-order valence-electron chi connectivity index (χ3n) is 2.60. The number of carbonyl (C=O) groups excluding carboxylic acids is 1. The second-order valence-corrected chi connectivity index (χ2v) is 4.97. The van der Waals surface area contributed by atoms with Gasteiger partial charge >= 0.3 is 0 Å². The molecule has 0 aliphatic heterocycles. The van der Waals surface area contributed by atoms with Crippen LogP contribution in [-0.2, 0) is 0 Å². The van der Waals surface area contributed by atoms with Gasteiger partial charge in [0.25, 0.3) is 5.91 Å². The number of hydrogen-bond donors (Lipinski definition) is 1. The smallest absolute Gasteiger partial charge is 0.271 e. The first-order valence-electron chi connectivity index (χ1n) is 5.95. The van der Waals surface area contributed by atoms with Gasteiger partial charge in [-0.05, 0) is 52.9 Å². The minimum Gasteiger partial charge on any atom is -0.493 e. The zero-order chi connectivity index (χ0) is 15.2. The summed E-state index contributed by atoms with van der Waals surface area (Å²) < 4.78 is 16.3. The van der Waals surface area contributed by atoms with Gasteiger partial charge in [0.15, 0.2) is 15.3 Å². The zero-order valence-corrected chi connectivity index (χ0v) is 13.6. The quantitative estimate of drug-likeness (QED) is 0.476. The van der Waals surface area contributed by atoms with E-state index in [2.05, 4.69) is 10.5 Å². The molecule has 110 valence electrons. The van der Waals surface area contributed by atoms with Crippen molar-refractivity contribution in [2.24, 2.45) is 5.10 Å². The van der Waals surface area contributed by atoms with E-state index in [0.717, 1.165) is 3.77 Å². The Morgan fingerprint density at radius 3 is 2.62 bits per heavy atom. The molecule has 1 heterocycles. The molecule has 1 aromatic heterocycles. The van der Waals surface area contributed by atoms with Crippen molar-refractivity contribution in [3.63, 3.8) is 0 Å². The largest absolute Gasteiger partial charge is 0.493 e. The van der Waals surface area contributed by atoms with Crippen LogP contribution in [0.5, 0.6) is 11.5 Å². The van der Waals surface area contributed by atoms with Crippen molar-refractivity contribution in [2.45, 2.75) is 0 Å². The molecule has 1 N–H and O–H groups in total. The molecule has 1 amide bonds. The van der Waals surface area contributed by atoms with Crippen molar-refractivity contribution in [3.05, 3.63) is 45.4 Å². The van der Waals surface area contributed by atoms with Crippen LogP contribution < -0.4 is 14.9 Å². The van der Waals surface area contributed by atoms with E-state index in [1.807, 2.05) is 22.6 Å². The second-order valence-electron chi connectivity index (χ2n) is 3.91. The van der Waals surface area contributed by atoms with Crippen LogP contribution in [0.3, 0.4) is 0 Å². The summed E-state index contributed by atoms with van der Waals surface area (Å²) in [5, 5.41) is 3.84. The highest BCUT2D eigenvalue weighted by Gasteiger charge is 2.09. The maximum absolute atomic E-state index is 12.0. The molecule has 0 unspecified atom stereocenters. The monoisotopic (exact) mass is 400 g/mol. The predicted octanol–water partition coefficient (Wildman–Crippen LogP) is 2.67. The number of nitrogens with one attached hydrogen (secondary N) is 1. The Balaban J connectivity index is 2.05. The van der Waals surface area contributed by atoms with Gasteiger partial charge < -0.3 is 13.9 Å². The maximum atomic E-state index is 12.0. The molecule has 2 aromatic rings. The molecule has 0 spiro atoms. The number of hydrogen-bond acceptors (Lipinski definition) is 5. The molecule has 0 atom stereocenters. The molecule has 6 nitrogen and oxygen atoms in total. The molecule has 0 fully saturated rings. The second kappa shape index (κ2) is 7.11. The summed E-state index contributed by atoms with van der Waals surface area (Å²) in [6.45, 7) is 0. The van der Waals surface area contributed by atoms with Crippen molar-refractivity contribution >= 4 is 34.7 Å². The van der Waals surface area contributed by atoms with Gasteiger partial charge in [0, 0.05) is 5.56 Å². The summed E-state index contributed by atoms with van der Waals surface area (Å²) in [7, 11) is 3.04. The summed E-state index contributed by atoms with van der Waals surface area (Å²) >= 11 is 2.05. The molecular weight excluding hydrogens is 387 g/mol. The fourth-order valence-electron chi connectivity index (χ4n) is 1.59. The fraction of sp³-hybridized carbons (Fsp3) is 0.143. The van der Waals surface area contributed by atoms with E-state index in [4.69, 9.17) is 13.9 Å². The van der Waals surface area contributed by atoms with E-state index in [1.165, 1.54) is 20.4 Å². The third-order valence-corrected chi connectivity index (χ3v) is 3.18. The highest BCUT2D eigenvalue weighted by atomic mass is 127. The Labute approximate surface area is 135 Å². The minimum absolute atomic E-state index is 0.353. The van der Waals surface area contributed by atoms with Crippen LogP contribution >= 0.6 is 22.6 Å². The lowest BCUT2D eigenvalue weighted by atomic mass is 10.2. The maximum Gasteiger partial charge on any atom is 0.271 e. The molecule has 0 aliphatic rings. The Morgan fingerprint density at radius 1 is 1.24 bits per heavy atom. The molecular formula is C14H13IN2O4. The number of methoxy groups -OCH3 is 2. The molecule has 0 saturated heterocycles. The van der Waals surface area contributed by atoms with Crippen LogP contribution in [0.15, 0.2) is 39.9 Å². The molecule has 0 radical (unpaired) electrons. The average molecular weight is 400 g/mol. The van der Waals surface area contributed by atoms with Crippen LogP contribution in [0.2, 0.25) is 0 Å². The first-order valence-corrected chi connectivity index (χ1v) is 7.02. The molecule has 0 aliphatic carbocycles.